The molecule has 3 aliphatic rings. The highest BCUT2D eigenvalue weighted by atomic mass is 32.2. The second kappa shape index (κ2) is 3.80. The summed E-state index contributed by atoms with van der Waals surface area (Å²) in [6, 6.07) is 0.902. The van der Waals surface area contributed by atoms with Gasteiger partial charge in [0.2, 0.25) is 0 Å². The van der Waals surface area contributed by atoms with Crippen LogP contribution in [0.1, 0.15) is 19.3 Å². The highest BCUT2D eigenvalue weighted by Gasteiger charge is 2.42. The van der Waals surface area contributed by atoms with E-state index in [9.17, 15) is 4.79 Å². The fraction of sp³-hybridized carbons (Fsp3) is 0.583. The van der Waals surface area contributed by atoms with Gasteiger partial charge in [-0.1, -0.05) is 18.2 Å². The summed E-state index contributed by atoms with van der Waals surface area (Å²) in [5.41, 5.74) is 0. The van der Waals surface area contributed by atoms with Gasteiger partial charge >= 0.3 is 0 Å². The summed E-state index contributed by atoms with van der Waals surface area (Å²) in [5, 5.41) is 6.31. The van der Waals surface area contributed by atoms with Crippen molar-refractivity contribution in [2.45, 2.75) is 36.6 Å². The van der Waals surface area contributed by atoms with Crippen LogP contribution in [-0.2, 0) is 4.79 Å². The minimum atomic E-state index is 0.290. The summed E-state index contributed by atoms with van der Waals surface area (Å²) in [4.78, 5) is 11.7. The maximum Gasteiger partial charge on any atom is 0.137 e. The quantitative estimate of drug-likeness (QED) is 0.677. The van der Waals surface area contributed by atoms with E-state index in [4.69, 9.17) is 0 Å². The van der Waals surface area contributed by atoms with Gasteiger partial charge in [-0.05, 0) is 18.2 Å². The summed E-state index contributed by atoms with van der Waals surface area (Å²) in [7, 11) is 0. The Bertz CT molecular complexity index is 337. The Morgan fingerprint density at radius 1 is 1.40 bits per heavy atom. The summed E-state index contributed by atoms with van der Waals surface area (Å²) in [5.74, 6) is 0.766. The van der Waals surface area contributed by atoms with Gasteiger partial charge in [0.25, 0.3) is 0 Å². The van der Waals surface area contributed by atoms with Crippen LogP contribution in [0.4, 0.5) is 0 Å². The van der Waals surface area contributed by atoms with Crippen molar-refractivity contribution in [3.63, 3.8) is 0 Å². The van der Waals surface area contributed by atoms with Crippen LogP contribution in [0.5, 0.6) is 0 Å². The van der Waals surface area contributed by atoms with Crippen molar-refractivity contribution in [1.82, 2.24) is 5.32 Å². The molecule has 15 heavy (non-hydrogen) atoms. The van der Waals surface area contributed by atoms with Crippen LogP contribution in [0.15, 0.2) is 23.6 Å². The Hall–Kier alpha value is -0.540. The van der Waals surface area contributed by atoms with Gasteiger partial charge in [-0.2, -0.15) is 0 Å². The van der Waals surface area contributed by atoms with Gasteiger partial charge in [-0.25, -0.2) is 0 Å². The zero-order chi connectivity index (χ0) is 10.3. The molecular weight excluding hydrogens is 206 g/mol. The molecule has 2 heterocycles. The Morgan fingerprint density at radius 2 is 2.33 bits per heavy atom. The van der Waals surface area contributed by atoms with Crippen LogP contribution in [0.25, 0.3) is 0 Å². The van der Waals surface area contributed by atoms with Crippen LogP contribution in [0.3, 0.4) is 0 Å². The van der Waals surface area contributed by atoms with Gasteiger partial charge in [0.05, 0.1) is 0 Å². The molecule has 0 aromatic heterocycles. The molecule has 4 unspecified atom stereocenters. The number of nitrogens with one attached hydrogen (secondary N) is 1. The number of ketones is 1. The molecule has 1 saturated carbocycles. The van der Waals surface area contributed by atoms with Crippen molar-refractivity contribution < 1.29 is 4.79 Å². The molecule has 2 aliphatic heterocycles. The van der Waals surface area contributed by atoms with E-state index in [-0.39, 0.29) is 0 Å². The molecule has 1 saturated heterocycles. The second-order valence-electron chi connectivity index (χ2n) is 4.53. The number of hydrogen-bond donors (Lipinski definition) is 1. The molecule has 0 radical (unpaired) electrons. The van der Waals surface area contributed by atoms with Crippen LogP contribution in [0.2, 0.25) is 0 Å². The summed E-state index contributed by atoms with van der Waals surface area (Å²) in [6.45, 7) is 0. The lowest BCUT2D eigenvalue weighted by Gasteiger charge is -2.36. The number of allylic oxidation sites excluding steroid dienone is 2. The molecule has 0 aromatic carbocycles. The third-order valence-corrected chi connectivity index (χ3v) is 4.81. The number of hydrogen-bond acceptors (Lipinski definition) is 3. The number of Topliss-reactive ketones (excluding diaryl/α,β-unsaturated/α-hetero) is 1. The number of piperidine rings is 1. The molecule has 1 N–H and O–H groups in total. The van der Waals surface area contributed by atoms with Gasteiger partial charge in [-0.3, -0.25) is 4.79 Å². The first-order valence-electron chi connectivity index (χ1n) is 5.62. The number of thioether (sulfide) groups is 1. The van der Waals surface area contributed by atoms with Crippen LogP contribution in [-0.4, -0.2) is 23.1 Å². The molecule has 1 aliphatic carbocycles. The van der Waals surface area contributed by atoms with E-state index in [1.165, 1.54) is 0 Å². The molecule has 0 amide bonds. The van der Waals surface area contributed by atoms with Gasteiger partial charge in [0.15, 0.2) is 0 Å². The normalized spacial score (nSPS) is 43.6. The molecule has 80 valence electrons. The van der Waals surface area contributed by atoms with Gasteiger partial charge in [-0.15, -0.1) is 11.8 Å². The average Bonchev–Trinajstić information content (AvgIpc) is 2.49. The summed E-state index contributed by atoms with van der Waals surface area (Å²) in [6.07, 6.45) is 9.31. The lowest BCUT2D eigenvalue weighted by atomic mass is 9.88. The maximum atomic E-state index is 11.7. The van der Waals surface area contributed by atoms with Crippen LogP contribution >= 0.6 is 11.8 Å². The van der Waals surface area contributed by atoms with Gasteiger partial charge in [0.1, 0.15) is 5.78 Å². The summed E-state index contributed by atoms with van der Waals surface area (Å²) >= 11 is 1.86. The van der Waals surface area contributed by atoms with E-state index in [1.807, 2.05) is 11.8 Å². The second-order valence-corrected chi connectivity index (χ2v) is 5.68. The van der Waals surface area contributed by atoms with Crippen molar-refractivity contribution >= 4 is 17.5 Å². The first kappa shape index (κ1) is 9.67. The molecule has 2 nitrogen and oxygen atoms in total. The third-order valence-electron chi connectivity index (χ3n) is 3.66. The van der Waals surface area contributed by atoms with E-state index in [1.54, 1.807) is 0 Å². The summed E-state index contributed by atoms with van der Waals surface area (Å²) < 4.78 is 0. The fourth-order valence-electron chi connectivity index (χ4n) is 2.85. The smallest absolute Gasteiger partial charge is 0.137 e. The van der Waals surface area contributed by atoms with Crippen LogP contribution < -0.4 is 5.32 Å². The number of fused-ring (bicyclic) bond motifs is 2. The zero-order valence-electron chi connectivity index (χ0n) is 8.56. The number of carbonyl (C=O) groups excluding carboxylic acids is 1. The highest BCUT2D eigenvalue weighted by Crippen LogP contribution is 2.37. The molecular formula is C12H15NOS. The van der Waals surface area contributed by atoms with Gasteiger partial charge < -0.3 is 5.32 Å². The molecule has 4 atom stereocenters. The maximum absolute atomic E-state index is 11.7. The Balaban J connectivity index is 1.81. The number of rotatable bonds is 0. The first-order chi connectivity index (χ1) is 7.34. The molecule has 0 spiro atoms. The predicted molar refractivity (Wildman–Crippen MR) is 62.7 cm³/mol. The minimum Gasteiger partial charge on any atom is -0.306 e. The standard InChI is InChI=1S/C12H15NOS/c14-11-5-4-9-8(11)7-12-10(13-9)3-1-2-6-15-12/h1-3,6,8-10,12-13H,4-5,7H2. The Morgan fingerprint density at radius 3 is 3.27 bits per heavy atom. The predicted octanol–water partition coefficient (Wildman–Crippen LogP) is 1.88. The Kier molecular flexibility index (Phi) is 2.45. The van der Waals surface area contributed by atoms with Crippen LogP contribution in [0, 0.1) is 5.92 Å². The van der Waals surface area contributed by atoms with Gasteiger partial charge in [0, 0.05) is 29.7 Å². The first-order valence-corrected chi connectivity index (χ1v) is 6.56. The molecule has 0 aromatic rings. The molecule has 3 rings (SSSR count). The SMILES string of the molecule is O=C1CCC2NC3C=CC=CSC3CC12. The molecule has 0 bridgehead atoms. The molecule has 3 heteroatoms. The largest absolute Gasteiger partial charge is 0.306 e. The van der Waals surface area contributed by atoms with Crippen molar-refractivity contribution in [3.8, 4) is 0 Å². The average molecular weight is 221 g/mol. The van der Waals surface area contributed by atoms with E-state index < -0.39 is 0 Å². The van der Waals surface area contributed by atoms with E-state index >= 15 is 0 Å². The Labute approximate surface area is 94.2 Å². The highest BCUT2D eigenvalue weighted by molar-refractivity contribution is 8.02. The lowest BCUT2D eigenvalue weighted by molar-refractivity contribution is -0.121. The third kappa shape index (κ3) is 1.68. The minimum absolute atomic E-state index is 0.290. The van der Waals surface area contributed by atoms with E-state index in [0.717, 1.165) is 19.3 Å². The monoisotopic (exact) mass is 221 g/mol. The molecule has 2 fully saturated rings. The van der Waals surface area contributed by atoms with Crippen molar-refractivity contribution in [2.75, 3.05) is 0 Å². The fourth-order valence-corrected chi connectivity index (χ4v) is 3.89. The zero-order valence-corrected chi connectivity index (χ0v) is 9.37. The van der Waals surface area contributed by atoms with Crippen molar-refractivity contribution in [3.05, 3.63) is 23.6 Å². The van der Waals surface area contributed by atoms with E-state index in [2.05, 4.69) is 29.0 Å². The topological polar surface area (TPSA) is 29.1 Å². The van der Waals surface area contributed by atoms with E-state index in [0.29, 0.717) is 29.0 Å². The van der Waals surface area contributed by atoms with Crippen molar-refractivity contribution in [1.29, 1.82) is 0 Å². The lowest BCUT2D eigenvalue weighted by Crippen LogP contribution is -2.51. The number of carbonyl (C=O) groups is 1. The van der Waals surface area contributed by atoms with Crippen molar-refractivity contribution in [2.24, 2.45) is 5.92 Å².